The van der Waals surface area contributed by atoms with Gasteiger partial charge in [0.25, 0.3) is 0 Å². The number of hydrogen-bond acceptors (Lipinski definition) is 1. The molecule has 1 rings (SSSR count). The number of benzene rings is 1. The molecule has 0 radical (unpaired) electrons. The molecule has 0 spiro atoms. The van der Waals surface area contributed by atoms with Crippen LogP contribution in [0.1, 0.15) is 38.4 Å². The number of halogens is 1. The van der Waals surface area contributed by atoms with E-state index in [2.05, 4.69) is 13.8 Å². The Labute approximate surface area is 90.7 Å². The molecule has 1 aromatic rings. The van der Waals surface area contributed by atoms with Gasteiger partial charge in [-0.2, -0.15) is 0 Å². The van der Waals surface area contributed by atoms with Crippen LogP contribution in [0.3, 0.4) is 0 Å². The maximum atomic E-state index is 10.0. The molecule has 78 valence electrons. The van der Waals surface area contributed by atoms with Crippen LogP contribution in [0.5, 0.6) is 0 Å². The van der Waals surface area contributed by atoms with E-state index in [1.165, 1.54) is 0 Å². The first kappa shape index (κ1) is 11.5. The molecular weight excluding hydrogens is 196 g/mol. The summed E-state index contributed by atoms with van der Waals surface area (Å²) in [4.78, 5) is 0. The van der Waals surface area contributed by atoms with Gasteiger partial charge in [0.05, 0.1) is 6.10 Å². The largest absolute Gasteiger partial charge is 0.388 e. The minimum atomic E-state index is -0.441. The van der Waals surface area contributed by atoms with Gasteiger partial charge in [0, 0.05) is 5.02 Å². The van der Waals surface area contributed by atoms with Crippen LogP contribution in [0.2, 0.25) is 5.02 Å². The highest BCUT2D eigenvalue weighted by Crippen LogP contribution is 2.30. The summed E-state index contributed by atoms with van der Waals surface area (Å²) in [7, 11) is 0. The zero-order valence-corrected chi connectivity index (χ0v) is 9.46. The summed E-state index contributed by atoms with van der Waals surface area (Å²) in [6.07, 6.45) is 1.67. The Morgan fingerprint density at radius 3 is 2.57 bits per heavy atom. The van der Waals surface area contributed by atoms with Crippen molar-refractivity contribution in [3.63, 3.8) is 0 Å². The van der Waals surface area contributed by atoms with Gasteiger partial charge in [0.15, 0.2) is 0 Å². The van der Waals surface area contributed by atoms with Crippen molar-refractivity contribution in [1.29, 1.82) is 0 Å². The second-order valence-corrected chi connectivity index (χ2v) is 4.14. The van der Waals surface area contributed by atoms with Gasteiger partial charge in [-0.1, -0.05) is 50.1 Å². The molecule has 0 saturated carbocycles. The summed E-state index contributed by atoms with van der Waals surface area (Å²) in [5.41, 5.74) is 0.843. The maximum absolute atomic E-state index is 10.0. The standard InChI is InChI=1S/C12H17ClO/c1-3-6-9(2)12(14)10-7-4-5-8-11(10)13/h4-5,7-9,12,14H,3,6H2,1-2H3. The zero-order valence-electron chi connectivity index (χ0n) is 8.70. The summed E-state index contributed by atoms with van der Waals surface area (Å²) in [6.45, 7) is 4.17. The summed E-state index contributed by atoms with van der Waals surface area (Å²) in [6, 6.07) is 7.49. The molecular formula is C12H17ClO. The Balaban J connectivity index is 2.78. The smallest absolute Gasteiger partial charge is 0.0829 e. The van der Waals surface area contributed by atoms with Crippen LogP contribution < -0.4 is 0 Å². The molecule has 0 fully saturated rings. The molecule has 0 bridgehead atoms. The maximum Gasteiger partial charge on any atom is 0.0829 e. The third-order valence-electron chi connectivity index (χ3n) is 2.51. The Morgan fingerprint density at radius 2 is 2.00 bits per heavy atom. The quantitative estimate of drug-likeness (QED) is 0.805. The van der Waals surface area contributed by atoms with Gasteiger partial charge in [0.2, 0.25) is 0 Å². The normalized spacial score (nSPS) is 15.1. The van der Waals surface area contributed by atoms with E-state index in [9.17, 15) is 5.11 Å². The topological polar surface area (TPSA) is 20.2 Å². The molecule has 1 N–H and O–H groups in total. The van der Waals surface area contributed by atoms with Gasteiger partial charge in [-0.15, -0.1) is 0 Å². The van der Waals surface area contributed by atoms with Crippen molar-refractivity contribution in [3.8, 4) is 0 Å². The number of aliphatic hydroxyl groups is 1. The predicted octanol–water partition coefficient (Wildman–Crippen LogP) is 3.81. The second-order valence-electron chi connectivity index (χ2n) is 3.73. The lowest BCUT2D eigenvalue weighted by molar-refractivity contribution is 0.112. The van der Waals surface area contributed by atoms with Crippen molar-refractivity contribution < 1.29 is 5.11 Å². The van der Waals surface area contributed by atoms with Gasteiger partial charge < -0.3 is 5.11 Å². The molecule has 0 amide bonds. The number of rotatable bonds is 4. The molecule has 0 aliphatic heterocycles. The Hall–Kier alpha value is -0.530. The van der Waals surface area contributed by atoms with E-state index in [1.54, 1.807) is 0 Å². The SMILES string of the molecule is CCCC(C)C(O)c1ccccc1Cl. The lowest BCUT2D eigenvalue weighted by Gasteiger charge is -2.19. The molecule has 0 aliphatic rings. The second kappa shape index (κ2) is 5.38. The van der Waals surface area contributed by atoms with Gasteiger partial charge in [-0.3, -0.25) is 0 Å². The minimum absolute atomic E-state index is 0.264. The van der Waals surface area contributed by atoms with E-state index in [4.69, 9.17) is 11.6 Å². The highest BCUT2D eigenvalue weighted by molar-refractivity contribution is 6.31. The summed E-state index contributed by atoms with van der Waals surface area (Å²) in [5, 5.41) is 10.7. The third-order valence-corrected chi connectivity index (χ3v) is 2.85. The first-order valence-electron chi connectivity index (χ1n) is 5.09. The minimum Gasteiger partial charge on any atom is -0.388 e. The lowest BCUT2D eigenvalue weighted by Crippen LogP contribution is -2.09. The molecule has 14 heavy (non-hydrogen) atoms. The van der Waals surface area contributed by atoms with Gasteiger partial charge >= 0.3 is 0 Å². The van der Waals surface area contributed by atoms with Gasteiger partial charge in [-0.05, 0) is 24.0 Å². The molecule has 0 saturated heterocycles. The van der Waals surface area contributed by atoms with Crippen LogP contribution in [-0.2, 0) is 0 Å². The van der Waals surface area contributed by atoms with Crippen LogP contribution >= 0.6 is 11.6 Å². The van der Waals surface area contributed by atoms with E-state index < -0.39 is 6.10 Å². The number of hydrogen-bond donors (Lipinski definition) is 1. The molecule has 2 atom stereocenters. The molecule has 1 aromatic carbocycles. The Morgan fingerprint density at radius 1 is 1.36 bits per heavy atom. The van der Waals surface area contributed by atoms with Crippen molar-refractivity contribution in [1.82, 2.24) is 0 Å². The van der Waals surface area contributed by atoms with Gasteiger partial charge in [-0.25, -0.2) is 0 Å². The fourth-order valence-corrected chi connectivity index (χ4v) is 1.88. The molecule has 1 nitrogen and oxygen atoms in total. The van der Waals surface area contributed by atoms with Crippen molar-refractivity contribution in [2.24, 2.45) is 5.92 Å². The van der Waals surface area contributed by atoms with E-state index >= 15 is 0 Å². The fraction of sp³-hybridized carbons (Fsp3) is 0.500. The van der Waals surface area contributed by atoms with E-state index in [-0.39, 0.29) is 5.92 Å². The molecule has 0 heterocycles. The fourth-order valence-electron chi connectivity index (χ4n) is 1.63. The first-order valence-corrected chi connectivity index (χ1v) is 5.47. The van der Waals surface area contributed by atoms with Crippen molar-refractivity contribution in [2.75, 3.05) is 0 Å². The molecule has 2 unspecified atom stereocenters. The van der Waals surface area contributed by atoms with E-state index in [1.807, 2.05) is 24.3 Å². The summed E-state index contributed by atoms with van der Waals surface area (Å²) >= 11 is 6.00. The van der Waals surface area contributed by atoms with Crippen LogP contribution in [0.4, 0.5) is 0 Å². The number of aliphatic hydroxyl groups excluding tert-OH is 1. The Bertz CT molecular complexity index is 285. The van der Waals surface area contributed by atoms with Crippen LogP contribution in [-0.4, -0.2) is 5.11 Å². The summed E-state index contributed by atoms with van der Waals surface area (Å²) < 4.78 is 0. The first-order chi connectivity index (χ1) is 6.66. The molecule has 0 aliphatic carbocycles. The molecule has 0 aromatic heterocycles. The average molecular weight is 213 g/mol. The highest BCUT2D eigenvalue weighted by Gasteiger charge is 2.17. The van der Waals surface area contributed by atoms with Crippen molar-refractivity contribution in [2.45, 2.75) is 32.8 Å². The van der Waals surface area contributed by atoms with Crippen LogP contribution in [0.25, 0.3) is 0 Å². The zero-order chi connectivity index (χ0) is 10.6. The predicted molar refractivity (Wildman–Crippen MR) is 60.5 cm³/mol. The summed E-state index contributed by atoms with van der Waals surface area (Å²) in [5.74, 6) is 0.264. The molecule has 2 heteroatoms. The highest BCUT2D eigenvalue weighted by atomic mass is 35.5. The van der Waals surface area contributed by atoms with Crippen molar-refractivity contribution in [3.05, 3.63) is 34.9 Å². The lowest BCUT2D eigenvalue weighted by atomic mass is 9.94. The third kappa shape index (κ3) is 2.73. The van der Waals surface area contributed by atoms with E-state index in [0.717, 1.165) is 18.4 Å². The van der Waals surface area contributed by atoms with Crippen LogP contribution in [0, 0.1) is 5.92 Å². The average Bonchev–Trinajstić information content (AvgIpc) is 2.18. The Kier molecular flexibility index (Phi) is 4.43. The van der Waals surface area contributed by atoms with E-state index in [0.29, 0.717) is 5.02 Å². The van der Waals surface area contributed by atoms with Gasteiger partial charge in [0.1, 0.15) is 0 Å². The van der Waals surface area contributed by atoms with Crippen LogP contribution in [0.15, 0.2) is 24.3 Å². The monoisotopic (exact) mass is 212 g/mol. The van der Waals surface area contributed by atoms with Crippen molar-refractivity contribution >= 4 is 11.6 Å².